The maximum Gasteiger partial charge on any atom is 0.410 e. The summed E-state index contributed by atoms with van der Waals surface area (Å²) in [6.07, 6.45) is 1.79. The molecule has 0 bridgehead atoms. The first-order chi connectivity index (χ1) is 11.0. The topological polar surface area (TPSA) is 41.6 Å². The molecule has 1 heterocycles. The van der Waals surface area contributed by atoms with Gasteiger partial charge >= 0.3 is 6.09 Å². The molecule has 1 aliphatic rings. The Hall–Kier alpha value is -1.71. The fraction of sp³-hybridized carbons (Fsp3) is 0.650. The zero-order valence-electron chi connectivity index (χ0n) is 16.0. The standard InChI is InChI=1S/C20H32N2O2/c1-19(2,3)21-17-9-7-15(8-10-17)16-11-13-22(14-12-16)18(23)24-20(4,5)6/h7-10,16,21H,11-14H2,1-6H3. The Bertz CT molecular complexity index is 544. The predicted molar refractivity (Wildman–Crippen MR) is 99.6 cm³/mol. The van der Waals surface area contributed by atoms with Crippen molar-refractivity contribution in [1.82, 2.24) is 4.90 Å². The Kier molecular flexibility index (Phi) is 5.46. The number of nitrogens with zero attached hydrogens (tertiary/aromatic N) is 1. The van der Waals surface area contributed by atoms with Crippen molar-refractivity contribution in [2.24, 2.45) is 0 Å². The molecule has 24 heavy (non-hydrogen) atoms. The lowest BCUT2D eigenvalue weighted by Gasteiger charge is -2.33. The third kappa shape index (κ3) is 5.73. The van der Waals surface area contributed by atoms with Crippen molar-refractivity contribution in [3.05, 3.63) is 29.8 Å². The normalized spacial score (nSPS) is 16.8. The second kappa shape index (κ2) is 7.04. The SMILES string of the molecule is CC(C)(C)Nc1ccc(C2CCN(C(=O)OC(C)(C)C)CC2)cc1. The lowest BCUT2D eigenvalue weighted by molar-refractivity contribution is 0.0205. The second-order valence-electron chi connectivity index (χ2n) is 8.74. The van der Waals surface area contributed by atoms with Crippen molar-refractivity contribution < 1.29 is 9.53 Å². The van der Waals surface area contributed by atoms with E-state index in [1.54, 1.807) is 0 Å². The second-order valence-corrected chi connectivity index (χ2v) is 8.74. The van der Waals surface area contributed by atoms with E-state index in [-0.39, 0.29) is 11.6 Å². The minimum Gasteiger partial charge on any atom is -0.444 e. The van der Waals surface area contributed by atoms with Crippen LogP contribution >= 0.6 is 0 Å². The summed E-state index contributed by atoms with van der Waals surface area (Å²) >= 11 is 0. The van der Waals surface area contributed by atoms with Crippen LogP contribution in [0.2, 0.25) is 0 Å². The minimum atomic E-state index is -0.427. The number of rotatable bonds is 2. The van der Waals surface area contributed by atoms with Gasteiger partial charge in [0.15, 0.2) is 0 Å². The van der Waals surface area contributed by atoms with Gasteiger partial charge in [0.2, 0.25) is 0 Å². The molecule has 4 nitrogen and oxygen atoms in total. The van der Waals surface area contributed by atoms with E-state index in [1.807, 2.05) is 25.7 Å². The summed E-state index contributed by atoms with van der Waals surface area (Å²) in [5.41, 5.74) is 2.15. The number of hydrogen-bond donors (Lipinski definition) is 1. The van der Waals surface area contributed by atoms with Crippen LogP contribution in [0.1, 0.15) is 65.9 Å². The number of amides is 1. The van der Waals surface area contributed by atoms with Gasteiger partial charge in [0, 0.05) is 24.3 Å². The van der Waals surface area contributed by atoms with Gasteiger partial charge in [0.25, 0.3) is 0 Å². The number of carbonyl (C=O) groups excluding carboxylic acids is 1. The highest BCUT2D eigenvalue weighted by Gasteiger charge is 2.27. The summed E-state index contributed by atoms with van der Waals surface area (Å²) in [4.78, 5) is 14.0. The number of hydrogen-bond acceptors (Lipinski definition) is 3. The molecule has 0 spiro atoms. The van der Waals surface area contributed by atoms with Gasteiger partial charge in [-0.15, -0.1) is 0 Å². The average molecular weight is 332 g/mol. The molecule has 1 N–H and O–H groups in total. The van der Waals surface area contributed by atoms with Crippen LogP contribution in [0.25, 0.3) is 0 Å². The maximum absolute atomic E-state index is 12.1. The van der Waals surface area contributed by atoms with Crippen LogP contribution in [0.4, 0.5) is 10.5 Å². The van der Waals surface area contributed by atoms with Crippen molar-refractivity contribution in [3.63, 3.8) is 0 Å². The van der Waals surface area contributed by atoms with E-state index in [0.717, 1.165) is 31.6 Å². The van der Waals surface area contributed by atoms with Crippen LogP contribution in [0.5, 0.6) is 0 Å². The first-order valence-electron chi connectivity index (χ1n) is 8.89. The molecule has 0 radical (unpaired) electrons. The molecule has 1 aromatic rings. The number of anilines is 1. The molecular weight excluding hydrogens is 300 g/mol. The summed E-state index contributed by atoms with van der Waals surface area (Å²) in [6.45, 7) is 13.7. The molecule has 0 saturated carbocycles. The molecule has 1 aliphatic heterocycles. The summed E-state index contributed by atoms with van der Waals surface area (Å²) in [5, 5.41) is 3.49. The zero-order chi connectivity index (χ0) is 18.0. The molecule has 1 saturated heterocycles. The molecule has 0 aromatic heterocycles. The quantitative estimate of drug-likeness (QED) is 0.827. The highest BCUT2D eigenvalue weighted by molar-refractivity contribution is 5.68. The summed E-state index contributed by atoms with van der Waals surface area (Å²) in [5.74, 6) is 0.521. The van der Waals surface area contributed by atoms with Crippen molar-refractivity contribution in [2.45, 2.75) is 71.4 Å². The fourth-order valence-corrected chi connectivity index (χ4v) is 2.99. The molecule has 0 unspecified atom stereocenters. The largest absolute Gasteiger partial charge is 0.444 e. The highest BCUT2D eigenvalue weighted by atomic mass is 16.6. The van der Waals surface area contributed by atoms with Crippen molar-refractivity contribution >= 4 is 11.8 Å². The Balaban J connectivity index is 1.89. The molecule has 4 heteroatoms. The van der Waals surface area contributed by atoms with Gasteiger partial charge in [-0.3, -0.25) is 0 Å². The third-order valence-corrected chi connectivity index (χ3v) is 4.05. The molecular formula is C20H32N2O2. The number of nitrogens with one attached hydrogen (secondary N) is 1. The lowest BCUT2D eigenvalue weighted by Crippen LogP contribution is -2.41. The first kappa shape index (κ1) is 18.6. The molecule has 2 rings (SSSR count). The molecule has 0 atom stereocenters. The van der Waals surface area contributed by atoms with E-state index >= 15 is 0 Å². The van der Waals surface area contributed by atoms with Crippen molar-refractivity contribution in [1.29, 1.82) is 0 Å². The number of benzene rings is 1. The van der Waals surface area contributed by atoms with Crippen LogP contribution in [0.15, 0.2) is 24.3 Å². The summed E-state index contributed by atoms with van der Waals surface area (Å²) in [7, 11) is 0. The lowest BCUT2D eigenvalue weighted by atomic mass is 9.89. The van der Waals surface area contributed by atoms with Crippen LogP contribution in [0.3, 0.4) is 0 Å². The summed E-state index contributed by atoms with van der Waals surface area (Å²) in [6, 6.07) is 8.73. The van der Waals surface area contributed by atoms with Crippen LogP contribution in [0, 0.1) is 0 Å². The third-order valence-electron chi connectivity index (χ3n) is 4.05. The maximum atomic E-state index is 12.1. The molecule has 1 amide bonds. The number of ether oxygens (including phenoxy) is 1. The average Bonchev–Trinajstić information content (AvgIpc) is 2.45. The first-order valence-corrected chi connectivity index (χ1v) is 8.89. The van der Waals surface area contributed by atoms with Crippen LogP contribution in [-0.4, -0.2) is 35.2 Å². The Morgan fingerprint density at radius 2 is 1.58 bits per heavy atom. The van der Waals surface area contributed by atoms with Gasteiger partial charge in [0.05, 0.1) is 0 Å². The van der Waals surface area contributed by atoms with E-state index < -0.39 is 5.60 Å². The molecule has 1 aromatic carbocycles. The van der Waals surface area contributed by atoms with E-state index in [9.17, 15) is 4.79 Å². The smallest absolute Gasteiger partial charge is 0.410 e. The highest BCUT2D eigenvalue weighted by Crippen LogP contribution is 2.30. The fourth-order valence-electron chi connectivity index (χ4n) is 2.99. The minimum absolute atomic E-state index is 0.0697. The number of carbonyl (C=O) groups is 1. The molecule has 134 valence electrons. The predicted octanol–water partition coefficient (Wildman–Crippen LogP) is 5.01. The van der Waals surface area contributed by atoms with Gasteiger partial charge in [0.1, 0.15) is 5.60 Å². The number of piperidine rings is 1. The Morgan fingerprint density at radius 1 is 1.04 bits per heavy atom. The van der Waals surface area contributed by atoms with Gasteiger partial charge in [-0.2, -0.15) is 0 Å². The van der Waals surface area contributed by atoms with E-state index in [0.29, 0.717) is 5.92 Å². The van der Waals surface area contributed by atoms with Gasteiger partial charge in [-0.25, -0.2) is 4.79 Å². The van der Waals surface area contributed by atoms with E-state index in [2.05, 4.69) is 50.4 Å². The van der Waals surface area contributed by atoms with Crippen LogP contribution in [-0.2, 0) is 4.74 Å². The van der Waals surface area contributed by atoms with E-state index in [4.69, 9.17) is 4.74 Å². The van der Waals surface area contributed by atoms with Gasteiger partial charge in [-0.05, 0) is 78.0 Å². The number of likely N-dealkylation sites (tertiary alicyclic amines) is 1. The monoisotopic (exact) mass is 332 g/mol. The van der Waals surface area contributed by atoms with Crippen LogP contribution < -0.4 is 5.32 Å². The van der Waals surface area contributed by atoms with Gasteiger partial charge < -0.3 is 15.0 Å². The zero-order valence-corrected chi connectivity index (χ0v) is 16.0. The Labute approximate surface area is 146 Å². The van der Waals surface area contributed by atoms with Gasteiger partial charge in [-0.1, -0.05) is 12.1 Å². The van der Waals surface area contributed by atoms with E-state index in [1.165, 1.54) is 5.56 Å². The van der Waals surface area contributed by atoms with Crippen molar-refractivity contribution in [2.75, 3.05) is 18.4 Å². The Morgan fingerprint density at radius 3 is 2.04 bits per heavy atom. The molecule has 0 aliphatic carbocycles. The molecule has 1 fully saturated rings. The van der Waals surface area contributed by atoms with Crippen molar-refractivity contribution in [3.8, 4) is 0 Å². The summed E-state index contributed by atoms with van der Waals surface area (Å²) < 4.78 is 5.46.